The van der Waals surface area contributed by atoms with Gasteiger partial charge in [0.15, 0.2) is 0 Å². The van der Waals surface area contributed by atoms with E-state index in [2.05, 4.69) is 5.32 Å². The van der Waals surface area contributed by atoms with Crippen LogP contribution < -0.4 is 10.1 Å². The van der Waals surface area contributed by atoms with E-state index in [0.717, 1.165) is 17.7 Å². The van der Waals surface area contributed by atoms with Crippen molar-refractivity contribution in [3.63, 3.8) is 0 Å². The molecule has 1 heterocycles. The van der Waals surface area contributed by atoms with E-state index in [9.17, 15) is 14.7 Å². The lowest BCUT2D eigenvalue weighted by molar-refractivity contribution is -0.141. The maximum absolute atomic E-state index is 12.5. The van der Waals surface area contributed by atoms with Gasteiger partial charge in [-0.2, -0.15) is 0 Å². The Morgan fingerprint density at radius 1 is 1.43 bits per heavy atom. The predicted molar refractivity (Wildman–Crippen MR) is 77.3 cm³/mol. The summed E-state index contributed by atoms with van der Waals surface area (Å²) in [5.41, 5.74) is 1.02. The lowest BCUT2D eigenvalue weighted by Gasteiger charge is -2.20. The van der Waals surface area contributed by atoms with E-state index in [1.165, 1.54) is 0 Å². The zero-order valence-electron chi connectivity index (χ0n) is 12.2. The van der Waals surface area contributed by atoms with E-state index in [1.807, 2.05) is 32.0 Å². The lowest BCUT2D eigenvalue weighted by Crippen LogP contribution is -2.32. The van der Waals surface area contributed by atoms with Gasteiger partial charge in [0.25, 0.3) is 0 Å². The van der Waals surface area contributed by atoms with Crippen molar-refractivity contribution in [1.82, 2.24) is 0 Å². The summed E-state index contributed by atoms with van der Waals surface area (Å²) in [6.45, 7) is 4.46. The topological polar surface area (TPSA) is 75.6 Å². The highest BCUT2D eigenvalue weighted by Gasteiger charge is 2.65. The second kappa shape index (κ2) is 4.76. The summed E-state index contributed by atoms with van der Waals surface area (Å²) < 4.78 is 5.48. The third-order valence-electron chi connectivity index (χ3n) is 4.71. The van der Waals surface area contributed by atoms with Gasteiger partial charge >= 0.3 is 5.97 Å². The number of rotatable bonds is 4. The van der Waals surface area contributed by atoms with Gasteiger partial charge in [-0.3, -0.25) is 9.59 Å². The third kappa shape index (κ3) is 2.17. The van der Waals surface area contributed by atoms with Crippen molar-refractivity contribution in [3.8, 4) is 5.75 Å². The van der Waals surface area contributed by atoms with Gasteiger partial charge in [-0.15, -0.1) is 0 Å². The molecule has 5 nitrogen and oxygen atoms in total. The molecule has 2 N–H and O–H groups in total. The van der Waals surface area contributed by atoms with Gasteiger partial charge in [0, 0.05) is 18.2 Å². The molecule has 1 aliphatic heterocycles. The summed E-state index contributed by atoms with van der Waals surface area (Å²) in [5.74, 6) is -0.886. The molecular weight excluding hydrogens is 270 g/mol. The van der Waals surface area contributed by atoms with Crippen LogP contribution in [0, 0.1) is 17.3 Å². The van der Waals surface area contributed by atoms with Crippen LogP contribution in [0.25, 0.3) is 0 Å². The number of benzene rings is 1. The number of carbonyl (C=O) groups excluding carboxylic acids is 1. The molecule has 1 saturated carbocycles. The number of carboxylic acids is 1. The third-order valence-corrected chi connectivity index (χ3v) is 4.71. The molecule has 1 amide bonds. The molecule has 0 saturated heterocycles. The number of carbonyl (C=O) groups is 2. The highest BCUT2D eigenvalue weighted by atomic mass is 16.5. The van der Waals surface area contributed by atoms with Gasteiger partial charge in [0.2, 0.25) is 5.91 Å². The molecule has 5 heteroatoms. The van der Waals surface area contributed by atoms with E-state index in [1.54, 1.807) is 0 Å². The van der Waals surface area contributed by atoms with Crippen LogP contribution in [0.4, 0.5) is 5.69 Å². The summed E-state index contributed by atoms with van der Waals surface area (Å²) in [6, 6.07) is 5.60. The zero-order valence-corrected chi connectivity index (χ0v) is 12.2. The minimum absolute atomic E-state index is 0.00993. The number of nitrogens with one attached hydrogen (secondary N) is 1. The first kappa shape index (κ1) is 13.9. The Kier molecular flexibility index (Phi) is 3.15. The molecule has 0 spiro atoms. The number of aliphatic carboxylic acids is 1. The maximum Gasteiger partial charge on any atom is 0.307 e. The fourth-order valence-electron chi connectivity index (χ4n) is 3.23. The van der Waals surface area contributed by atoms with Gasteiger partial charge in [-0.25, -0.2) is 0 Å². The summed E-state index contributed by atoms with van der Waals surface area (Å²) in [5, 5.41) is 12.0. The molecule has 0 bridgehead atoms. The van der Waals surface area contributed by atoms with Crippen molar-refractivity contribution in [2.24, 2.45) is 17.3 Å². The molecule has 1 aromatic carbocycles. The average molecular weight is 289 g/mol. The van der Waals surface area contributed by atoms with Gasteiger partial charge < -0.3 is 15.2 Å². The van der Waals surface area contributed by atoms with Crippen molar-refractivity contribution in [2.75, 3.05) is 11.9 Å². The molecule has 1 fully saturated rings. The molecule has 0 radical (unpaired) electrons. The number of anilines is 1. The Labute approximate surface area is 123 Å². The van der Waals surface area contributed by atoms with E-state index in [-0.39, 0.29) is 11.8 Å². The Morgan fingerprint density at radius 2 is 2.19 bits per heavy atom. The fraction of sp³-hybridized carbons (Fsp3) is 0.500. The van der Waals surface area contributed by atoms with Gasteiger partial charge in [-0.1, -0.05) is 19.9 Å². The summed E-state index contributed by atoms with van der Waals surface area (Å²) in [7, 11) is 0. The number of fused-ring (bicyclic) bond motifs is 1. The smallest absolute Gasteiger partial charge is 0.307 e. The molecule has 1 aromatic rings. The summed E-state index contributed by atoms with van der Waals surface area (Å²) in [6.07, 6.45) is 1.30. The van der Waals surface area contributed by atoms with Crippen molar-refractivity contribution in [1.29, 1.82) is 0 Å². The molecule has 0 aromatic heterocycles. The Balaban J connectivity index is 1.78. The summed E-state index contributed by atoms with van der Waals surface area (Å²) in [4.78, 5) is 23.7. The van der Waals surface area contributed by atoms with Gasteiger partial charge in [-0.05, 0) is 24.0 Å². The quantitative estimate of drug-likeness (QED) is 0.892. The van der Waals surface area contributed by atoms with E-state index in [4.69, 9.17) is 4.74 Å². The zero-order chi connectivity index (χ0) is 15.2. The lowest BCUT2D eigenvalue weighted by atomic mass is 9.88. The van der Waals surface area contributed by atoms with Crippen molar-refractivity contribution in [3.05, 3.63) is 23.8 Å². The Bertz CT molecular complexity index is 610. The highest BCUT2D eigenvalue weighted by Crippen LogP contribution is 2.58. The first-order valence-electron chi connectivity index (χ1n) is 7.25. The molecule has 112 valence electrons. The molecule has 1 aliphatic carbocycles. The van der Waals surface area contributed by atoms with Crippen LogP contribution in [0.15, 0.2) is 18.2 Å². The van der Waals surface area contributed by atoms with Crippen LogP contribution in [-0.2, 0) is 16.0 Å². The normalized spacial score (nSPS) is 26.1. The number of hydrogen-bond donors (Lipinski definition) is 2. The van der Waals surface area contributed by atoms with Gasteiger partial charge in [0.1, 0.15) is 5.75 Å². The van der Waals surface area contributed by atoms with E-state index >= 15 is 0 Å². The van der Waals surface area contributed by atoms with Crippen LogP contribution in [0.3, 0.4) is 0 Å². The van der Waals surface area contributed by atoms with E-state index in [0.29, 0.717) is 18.7 Å². The second-order valence-corrected chi connectivity index (χ2v) is 6.17. The number of amides is 1. The molecule has 3 rings (SSSR count). The molecule has 2 atom stereocenters. The predicted octanol–water partition coefficient (Wildman–Crippen LogP) is 2.31. The molecule has 0 unspecified atom stereocenters. The standard InChI is InChI=1S/C16H19NO4/c1-9(2)16(8-12(16)14(18)19)15(20)17-11-4-3-10-5-6-21-13(10)7-11/h3-4,7,9,12H,5-6,8H2,1-2H3,(H,17,20)(H,18,19)/t12-,16+/m0/s1. The summed E-state index contributed by atoms with van der Waals surface area (Å²) >= 11 is 0. The van der Waals surface area contributed by atoms with Crippen LogP contribution >= 0.6 is 0 Å². The van der Waals surface area contributed by atoms with Gasteiger partial charge in [0.05, 0.1) is 17.9 Å². The van der Waals surface area contributed by atoms with Crippen LogP contribution in [0.1, 0.15) is 25.8 Å². The van der Waals surface area contributed by atoms with Crippen molar-refractivity contribution >= 4 is 17.6 Å². The van der Waals surface area contributed by atoms with Crippen LogP contribution in [0.2, 0.25) is 0 Å². The average Bonchev–Trinajstić information content (AvgIpc) is 3.05. The van der Waals surface area contributed by atoms with Crippen molar-refractivity contribution in [2.45, 2.75) is 26.7 Å². The fourth-order valence-corrected chi connectivity index (χ4v) is 3.23. The van der Waals surface area contributed by atoms with E-state index < -0.39 is 17.3 Å². The monoisotopic (exact) mass is 289 g/mol. The molecule has 2 aliphatic rings. The first-order chi connectivity index (χ1) is 9.95. The number of hydrogen-bond acceptors (Lipinski definition) is 3. The van der Waals surface area contributed by atoms with Crippen LogP contribution in [-0.4, -0.2) is 23.6 Å². The minimum Gasteiger partial charge on any atom is -0.493 e. The van der Waals surface area contributed by atoms with Crippen LogP contribution in [0.5, 0.6) is 5.75 Å². The largest absolute Gasteiger partial charge is 0.493 e. The molecular formula is C16H19NO4. The molecule has 21 heavy (non-hydrogen) atoms. The first-order valence-corrected chi connectivity index (χ1v) is 7.25. The second-order valence-electron chi connectivity index (χ2n) is 6.17. The minimum atomic E-state index is -0.892. The Hall–Kier alpha value is -2.04. The maximum atomic E-state index is 12.5. The Morgan fingerprint density at radius 3 is 2.81 bits per heavy atom. The SMILES string of the molecule is CC(C)[C@]1(C(=O)Nc2ccc3c(c2)OCC3)C[C@H]1C(=O)O. The number of ether oxygens (including phenoxy) is 1. The van der Waals surface area contributed by atoms with Crippen molar-refractivity contribution < 1.29 is 19.4 Å². The number of carboxylic acid groups (broad SMARTS) is 1. The highest BCUT2D eigenvalue weighted by molar-refractivity contribution is 6.01.